The van der Waals surface area contributed by atoms with Gasteiger partial charge in [-0.25, -0.2) is 0 Å². The fraction of sp³-hybridized carbons (Fsp3) is 1.00. The molecule has 1 fully saturated rings. The molecule has 0 radical (unpaired) electrons. The Morgan fingerprint density at radius 3 is 2.71 bits per heavy atom. The zero-order valence-corrected chi connectivity index (χ0v) is 12.1. The van der Waals surface area contributed by atoms with E-state index in [4.69, 9.17) is 4.74 Å². The van der Waals surface area contributed by atoms with E-state index >= 15 is 0 Å². The summed E-state index contributed by atoms with van der Waals surface area (Å²) in [6, 6.07) is 0.623. The van der Waals surface area contributed by atoms with Gasteiger partial charge in [-0.05, 0) is 38.3 Å². The Labute approximate surface area is 107 Å². The Hall–Kier alpha value is -0.120. The lowest BCUT2D eigenvalue weighted by Crippen LogP contribution is -2.53. The first-order valence-electron chi connectivity index (χ1n) is 7.13. The number of piperidine rings is 1. The fourth-order valence-corrected chi connectivity index (χ4v) is 2.56. The van der Waals surface area contributed by atoms with Crippen molar-refractivity contribution < 1.29 is 4.74 Å². The molecule has 1 saturated heterocycles. The van der Waals surface area contributed by atoms with E-state index in [-0.39, 0.29) is 0 Å². The number of hydrogen-bond acceptors (Lipinski definition) is 3. The molecule has 1 atom stereocenters. The molecule has 0 aromatic rings. The van der Waals surface area contributed by atoms with Gasteiger partial charge in [-0.3, -0.25) is 4.90 Å². The van der Waals surface area contributed by atoms with E-state index in [1.807, 2.05) is 0 Å². The van der Waals surface area contributed by atoms with E-state index in [0.717, 1.165) is 32.8 Å². The summed E-state index contributed by atoms with van der Waals surface area (Å²) in [7, 11) is 0. The SMILES string of the molecule is CCOCCN(CC)CC1NCCCC1(C)C. The van der Waals surface area contributed by atoms with Crippen molar-refractivity contribution >= 4 is 0 Å². The molecule has 0 spiro atoms. The summed E-state index contributed by atoms with van der Waals surface area (Å²) in [5.41, 5.74) is 0.428. The standard InChI is InChI=1S/C14H30N2O/c1-5-16(10-11-17-6-2)12-13-14(3,4)8-7-9-15-13/h13,15H,5-12H2,1-4H3. The van der Waals surface area contributed by atoms with Gasteiger partial charge in [0.15, 0.2) is 0 Å². The maximum absolute atomic E-state index is 5.44. The normalized spacial score (nSPS) is 24.2. The molecule has 1 unspecified atom stereocenters. The van der Waals surface area contributed by atoms with Crippen LogP contribution in [0.3, 0.4) is 0 Å². The van der Waals surface area contributed by atoms with E-state index in [9.17, 15) is 0 Å². The monoisotopic (exact) mass is 242 g/mol. The molecule has 0 aromatic heterocycles. The Balaban J connectivity index is 2.37. The van der Waals surface area contributed by atoms with Gasteiger partial charge in [0.1, 0.15) is 0 Å². The molecule has 1 heterocycles. The molecule has 0 aliphatic carbocycles. The smallest absolute Gasteiger partial charge is 0.0593 e. The van der Waals surface area contributed by atoms with Gasteiger partial charge >= 0.3 is 0 Å². The van der Waals surface area contributed by atoms with Gasteiger partial charge < -0.3 is 10.1 Å². The number of ether oxygens (including phenoxy) is 1. The first-order chi connectivity index (χ1) is 8.10. The van der Waals surface area contributed by atoms with Gasteiger partial charge in [0, 0.05) is 25.7 Å². The maximum Gasteiger partial charge on any atom is 0.0593 e. The topological polar surface area (TPSA) is 24.5 Å². The molecule has 1 N–H and O–H groups in total. The molecule has 0 aromatic carbocycles. The minimum Gasteiger partial charge on any atom is -0.380 e. The number of nitrogens with one attached hydrogen (secondary N) is 1. The second-order valence-electron chi connectivity index (χ2n) is 5.69. The van der Waals surface area contributed by atoms with Crippen LogP contribution in [0.25, 0.3) is 0 Å². The molecule has 0 bridgehead atoms. The van der Waals surface area contributed by atoms with E-state index in [1.165, 1.54) is 19.4 Å². The van der Waals surface area contributed by atoms with Gasteiger partial charge in [-0.15, -0.1) is 0 Å². The number of nitrogens with zero attached hydrogens (tertiary/aromatic N) is 1. The molecule has 0 saturated carbocycles. The van der Waals surface area contributed by atoms with Gasteiger partial charge in [-0.1, -0.05) is 20.8 Å². The van der Waals surface area contributed by atoms with Gasteiger partial charge in [0.25, 0.3) is 0 Å². The highest BCUT2D eigenvalue weighted by Gasteiger charge is 2.32. The zero-order chi connectivity index (χ0) is 12.7. The molecule has 1 aliphatic rings. The van der Waals surface area contributed by atoms with E-state index in [0.29, 0.717) is 11.5 Å². The Morgan fingerprint density at radius 2 is 2.12 bits per heavy atom. The van der Waals surface area contributed by atoms with E-state index in [2.05, 4.69) is 37.9 Å². The third-order valence-electron chi connectivity index (χ3n) is 3.98. The Morgan fingerprint density at radius 1 is 1.35 bits per heavy atom. The summed E-state index contributed by atoms with van der Waals surface area (Å²) < 4.78 is 5.44. The predicted octanol–water partition coefficient (Wildman–Crippen LogP) is 2.12. The van der Waals surface area contributed by atoms with Gasteiger partial charge in [-0.2, -0.15) is 0 Å². The van der Waals surface area contributed by atoms with Crippen molar-refractivity contribution in [1.82, 2.24) is 10.2 Å². The molecule has 1 rings (SSSR count). The average molecular weight is 242 g/mol. The molecular weight excluding hydrogens is 212 g/mol. The van der Waals surface area contributed by atoms with Crippen molar-refractivity contribution in [3.05, 3.63) is 0 Å². The second kappa shape index (κ2) is 7.34. The minimum atomic E-state index is 0.428. The zero-order valence-electron chi connectivity index (χ0n) is 12.1. The highest BCUT2D eigenvalue weighted by atomic mass is 16.5. The summed E-state index contributed by atoms with van der Waals surface area (Å²) in [4.78, 5) is 2.50. The summed E-state index contributed by atoms with van der Waals surface area (Å²) in [6.07, 6.45) is 2.66. The van der Waals surface area contributed by atoms with Crippen LogP contribution in [0.15, 0.2) is 0 Å². The first kappa shape index (κ1) is 14.9. The van der Waals surface area contributed by atoms with Crippen LogP contribution in [0, 0.1) is 5.41 Å². The molecule has 3 nitrogen and oxygen atoms in total. The summed E-state index contributed by atoms with van der Waals surface area (Å²) in [6.45, 7) is 15.3. The summed E-state index contributed by atoms with van der Waals surface area (Å²) in [5, 5.41) is 3.68. The van der Waals surface area contributed by atoms with Crippen LogP contribution in [-0.4, -0.2) is 50.3 Å². The quantitative estimate of drug-likeness (QED) is 0.692. The van der Waals surface area contributed by atoms with Gasteiger partial charge in [0.05, 0.1) is 6.61 Å². The van der Waals surface area contributed by atoms with Crippen molar-refractivity contribution in [2.75, 3.05) is 39.4 Å². The lowest BCUT2D eigenvalue weighted by Gasteiger charge is -2.42. The lowest BCUT2D eigenvalue weighted by atomic mass is 9.77. The van der Waals surface area contributed by atoms with Crippen LogP contribution in [0.4, 0.5) is 0 Å². The Kier molecular flexibility index (Phi) is 6.45. The van der Waals surface area contributed by atoms with Crippen LogP contribution in [0.2, 0.25) is 0 Å². The first-order valence-corrected chi connectivity index (χ1v) is 7.13. The minimum absolute atomic E-state index is 0.428. The number of hydrogen-bond donors (Lipinski definition) is 1. The largest absolute Gasteiger partial charge is 0.380 e. The van der Waals surface area contributed by atoms with E-state index < -0.39 is 0 Å². The molecular formula is C14H30N2O. The lowest BCUT2D eigenvalue weighted by molar-refractivity contribution is 0.0880. The van der Waals surface area contributed by atoms with Gasteiger partial charge in [0.2, 0.25) is 0 Å². The third kappa shape index (κ3) is 4.94. The van der Waals surface area contributed by atoms with Crippen LogP contribution < -0.4 is 5.32 Å². The molecule has 0 amide bonds. The second-order valence-corrected chi connectivity index (χ2v) is 5.69. The average Bonchev–Trinajstić information content (AvgIpc) is 2.30. The third-order valence-corrected chi connectivity index (χ3v) is 3.98. The maximum atomic E-state index is 5.44. The number of likely N-dealkylation sites (N-methyl/N-ethyl adjacent to an activating group) is 1. The summed E-state index contributed by atoms with van der Waals surface area (Å²) >= 11 is 0. The molecule has 1 aliphatic heterocycles. The van der Waals surface area contributed by atoms with Crippen molar-refractivity contribution in [2.45, 2.75) is 46.6 Å². The highest BCUT2D eigenvalue weighted by Crippen LogP contribution is 2.30. The van der Waals surface area contributed by atoms with Crippen LogP contribution >= 0.6 is 0 Å². The fourth-order valence-electron chi connectivity index (χ4n) is 2.56. The molecule has 102 valence electrons. The van der Waals surface area contributed by atoms with Crippen molar-refractivity contribution in [1.29, 1.82) is 0 Å². The van der Waals surface area contributed by atoms with Crippen LogP contribution in [-0.2, 0) is 4.74 Å². The summed E-state index contributed by atoms with van der Waals surface area (Å²) in [5.74, 6) is 0. The molecule has 3 heteroatoms. The number of rotatable bonds is 7. The van der Waals surface area contributed by atoms with E-state index in [1.54, 1.807) is 0 Å². The van der Waals surface area contributed by atoms with Crippen molar-refractivity contribution in [2.24, 2.45) is 5.41 Å². The molecule has 17 heavy (non-hydrogen) atoms. The van der Waals surface area contributed by atoms with Crippen LogP contribution in [0.1, 0.15) is 40.5 Å². The van der Waals surface area contributed by atoms with Crippen molar-refractivity contribution in [3.63, 3.8) is 0 Å². The Bertz CT molecular complexity index is 206. The highest BCUT2D eigenvalue weighted by molar-refractivity contribution is 4.90. The predicted molar refractivity (Wildman–Crippen MR) is 73.4 cm³/mol. The van der Waals surface area contributed by atoms with Crippen LogP contribution in [0.5, 0.6) is 0 Å². The van der Waals surface area contributed by atoms with Crippen molar-refractivity contribution in [3.8, 4) is 0 Å².